The Morgan fingerprint density at radius 1 is 1.38 bits per heavy atom. The van der Waals surface area contributed by atoms with Gasteiger partial charge < -0.3 is 4.42 Å². The van der Waals surface area contributed by atoms with Gasteiger partial charge in [-0.15, -0.1) is 11.6 Å². The summed E-state index contributed by atoms with van der Waals surface area (Å²) in [5.74, 6) is 1.17. The number of hydrogen-bond acceptors (Lipinski definition) is 2. The molecule has 0 bridgehead atoms. The summed E-state index contributed by atoms with van der Waals surface area (Å²) in [5, 5.41) is 0.401. The first-order valence-corrected chi connectivity index (χ1v) is 6.23. The van der Waals surface area contributed by atoms with Crippen molar-refractivity contribution in [2.24, 2.45) is 0 Å². The highest BCUT2D eigenvalue weighted by molar-refractivity contribution is 9.10. The first kappa shape index (κ1) is 12.0. The van der Waals surface area contributed by atoms with Crippen LogP contribution in [0.2, 0.25) is 5.02 Å². The SMILES string of the molecule is CC(Cl)c1ncc(-c2cc(Cl)cc(Br)c2)o1. The van der Waals surface area contributed by atoms with Crippen molar-refractivity contribution in [1.29, 1.82) is 0 Å². The summed E-state index contributed by atoms with van der Waals surface area (Å²) in [6, 6.07) is 5.54. The Morgan fingerprint density at radius 2 is 2.12 bits per heavy atom. The first-order chi connectivity index (χ1) is 7.56. The Hall–Kier alpha value is -0.510. The van der Waals surface area contributed by atoms with E-state index < -0.39 is 0 Å². The molecule has 0 N–H and O–H groups in total. The number of aromatic nitrogens is 1. The molecule has 0 radical (unpaired) electrons. The van der Waals surface area contributed by atoms with E-state index in [2.05, 4.69) is 20.9 Å². The summed E-state index contributed by atoms with van der Waals surface area (Å²) in [6.45, 7) is 1.81. The van der Waals surface area contributed by atoms with Crippen molar-refractivity contribution in [3.63, 3.8) is 0 Å². The second-order valence-corrected chi connectivity index (χ2v) is 5.34. The molecular weight excluding hydrogens is 313 g/mol. The molecule has 0 spiro atoms. The molecule has 1 unspecified atom stereocenters. The highest BCUT2D eigenvalue weighted by Gasteiger charge is 2.11. The molecule has 0 saturated heterocycles. The number of nitrogens with zero attached hydrogens (tertiary/aromatic N) is 1. The fourth-order valence-electron chi connectivity index (χ4n) is 1.30. The third-order valence-corrected chi connectivity index (χ3v) is 2.87. The molecule has 16 heavy (non-hydrogen) atoms. The average Bonchev–Trinajstić information content (AvgIpc) is 2.64. The monoisotopic (exact) mass is 319 g/mol. The second kappa shape index (κ2) is 4.78. The fourth-order valence-corrected chi connectivity index (χ4v) is 2.26. The van der Waals surface area contributed by atoms with Crippen molar-refractivity contribution in [3.8, 4) is 11.3 Å². The number of rotatable bonds is 2. The third kappa shape index (κ3) is 2.59. The molecule has 2 rings (SSSR count). The molecule has 1 aromatic heterocycles. The van der Waals surface area contributed by atoms with Crippen molar-refractivity contribution >= 4 is 39.1 Å². The Bertz CT molecular complexity index is 490. The normalized spacial score (nSPS) is 12.8. The van der Waals surface area contributed by atoms with E-state index in [4.69, 9.17) is 27.6 Å². The number of benzene rings is 1. The summed E-state index contributed by atoms with van der Waals surface area (Å²) in [4.78, 5) is 4.09. The minimum atomic E-state index is -0.239. The zero-order valence-corrected chi connectivity index (χ0v) is 11.5. The van der Waals surface area contributed by atoms with Crippen LogP contribution < -0.4 is 0 Å². The first-order valence-electron chi connectivity index (χ1n) is 4.62. The van der Waals surface area contributed by atoms with Crippen molar-refractivity contribution in [1.82, 2.24) is 4.98 Å². The molecule has 1 heterocycles. The highest BCUT2D eigenvalue weighted by Crippen LogP contribution is 2.29. The lowest BCUT2D eigenvalue weighted by Crippen LogP contribution is -1.80. The molecule has 0 aliphatic carbocycles. The lowest BCUT2D eigenvalue weighted by atomic mass is 10.2. The summed E-state index contributed by atoms with van der Waals surface area (Å²) >= 11 is 15.2. The molecule has 1 atom stereocenters. The molecule has 2 aromatic rings. The Kier molecular flexibility index (Phi) is 3.57. The topological polar surface area (TPSA) is 26.0 Å². The van der Waals surface area contributed by atoms with Gasteiger partial charge in [0.15, 0.2) is 5.76 Å². The van der Waals surface area contributed by atoms with Crippen molar-refractivity contribution < 1.29 is 4.42 Å². The van der Waals surface area contributed by atoms with Crippen LogP contribution in [0.15, 0.2) is 33.3 Å². The van der Waals surface area contributed by atoms with E-state index in [1.54, 1.807) is 6.20 Å². The van der Waals surface area contributed by atoms with Gasteiger partial charge in [-0.1, -0.05) is 27.5 Å². The third-order valence-electron chi connectivity index (χ3n) is 2.01. The molecule has 1 aromatic carbocycles. The fraction of sp³-hybridized carbons (Fsp3) is 0.182. The smallest absolute Gasteiger partial charge is 0.212 e. The number of hydrogen-bond donors (Lipinski definition) is 0. The molecule has 84 valence electrons. The van der Waals surface area contributed by atoms with Crippen LogP contribution in [0, 0.1) is 0 Å². The maximum atomic E-state index is 5.95. The molecule has 0 fully saturated rings. The standard InChI is InChI=1S/C11H8BrCl2NO/c1-6(13)11-15-5-10(16-11)7-2-8(12)4-9(14)3-7/h2-6H,1H3. The Balaban J connectivity index is 2.42. The van der Waals surface area contributed by atoms with E-state index in [9.17, 15) is 0 Å². The number of alkyl halides is 1. The Labute approximate surface area is 112 Å². The quantitative estimate of drug-likeness (QED) is 0.723. The molecule has 0 aliphatic rings. The van der Waals surface area contributed by atoms with Gasteiger partial charge in [0.25, 0.3) is 0 Å². The second-order valence-electron chi connectivity index (χ2n) is 3.34. The molecule has 0 aliphatic heterocycles. The van der Waals surface area contributed by atoms with E-state index in [0.717, 1.165) is 10.0 Å². The van der Waals surface area contributed by atoms with Crippen LogP contribution in [-0.4, -0.2) is 4.98 Å². The van der Waals surface area contributed by atoms with E-state index >= 15 is 0 Å². The van der Waals surface area contributed by atoms with Gasteiger partial charge in [-0.05, 0) is 25.1 Å². The zero-order valence-electron chi connectivity index (χ0n) is 8.38. The lowest BCUT2D eigenvalue weighted by molar-refractivity contribution is 0.508. The summed E-state index contributed by atoms with van der Waals surface area (Å²) in [5.41, 5.74) is 0.871. The van der Waals surface area contributed by atoms with Gasteiger partial charge in [-0.25, -0.2) is 4.98 Å². The lowest BCUT2D eigenvalue weighted by Gasteiger charge is -1.99. The van der Waals surface area contributed by atoms with Gasteiger partial charge in [-0.2, -0.15) is 0 Å². The van der Waals surface area contributed by atoms with Crippen LogP contribution in [0.25, 0.3) is 11.3 Å². The van der Waals surface area contributed by atoms with E-state index in [1.165, 1.54) is 0 Å². The number of halogens is 3. The summed E-state index contributed by atoms with van der Waals surface area (Å²) in [6.07, 6.45) is 1.65. The van der Waals surface area contributed by atoms with Crippen molar-refractivity contribution in [3.05, 3.63) is 39.8 Å². The molecule has 0 saturated carbocycles. The predicted octanol–water partition coefficient (Wildman–Crippen LogP) is 5.06. The largest absolute Gasteiger partial charge is 0.439 e. The zero-order chi connectivity index (χ0) is 11.7. The van der Waals surface area contributed by atoms with Gasteiger partial charge in [0.05, 0.1) is 6.20 Å². The molecule has 0 amide bonds. The van der Waals surface area contributed by atoms with Gasteiger partial charge in [0.2, 0.25) is 5.89 Å². The average molecular weight is 321 g/mol. The minimum absolute atomic E-state index is 0.239. The van der Waals surface area contributed by atoms with E-state index in [-0.39, 0.29) is 5.38 Å². The van der Waals surface area contributed by atoms with Crippen LogP contribution in [0.1, 0.15) is 18.2 Å². The van der Waals surface area contributed by atoms with Crippen LogP contribution in [0.5, 0.6) is 0 Å². The summed E-state index contributed by atoms with van der Waals surface area (Å²) in [7, 11) is 0. The molecule has 5 heteroatoms. The maximum Gasteiger partial charge on any atom is 0.212 e. The van der Waals surface area contributed by atoms with Crippen LogP contribution in [0.3, 0.4) is 0 Å². The minimum Gasteiger partial charge on any atom is -0.439 e. The number of oxazole rings is 1. The summed E-state index contributed by atoms with van der Waals surface area (Å²) < 4.78 is 6.41. The van der Waals surface area contributed by atoms with Gasteiger partial charge >= 0.3 is 0 Å². The van der Waals surface area contributed by atoms with Crippen molar-refractivity contribution in [2.75, 3.05) is 0 Å². The molecular formula is C11H8BrCl2NO. The van der Waals surface area contributed by atoms with Crippen LogP contribution in [-0.2, 0) is 0 Å². The van der Waals surface area contributed by atoms with Crippen LogP contribution in [0.4, 0.5) is 0 Å². The van der Waals surface area contributed by atoms with E-state index in [0.29, 0.717) is 16.7 Å². The van der Waals surface area contributed by atoms with Gasteiger partial charge in [-0.3, -0.25) is 0 Å². The maximum absolute atomic E-state index is 5.95. The molecule has 2 nitrogen and oxygen atoms in total. The van der Waals surface area contributed by atoms with Gasteiger partial charge in [0.1, 0.15) is 5.38 Å². The van der Waals surface area contributed by atoms with Crippen LogP contribution >= 0.6 is 39.1 Å². The predicted molar refractivity (Wildman–Crippen MR) is 68.9 cm³/mol. The van der Waals surface area contributed by atoms with Gasteiger partial charge in [0, 0.05) is 15.1 Å². The highest BCUT2D eigenvalue weighted by atomic mass is 79.9. The Morgan fingerprint density at radius 3 is 2.69 bits per heavy atom. The van der Waals surface area contributed by atoms with Crippen molar-refractivity contribution in [2.45, 2.75) is 12.3 Å². The van der Waals surface area contributed by atoms with E-state index in [1.807, 2.05) is 25.1 Å².